The van der Waals surface area contributed by atoms with Crippen molar-refractivity contribution in [3.05, 3.63) is 53.3 Å². The zero-order valence-electron chi connectivity index (χ0n) is 16.6. The Bertz CT molecular complexity index is 1070. The van der Waals surface area contributed by atoms with Gasteiger partial charge in [-0.15, -0.1) is 0 Å². The summed E-state index contributed by atoms with van der Waals surface area (Å²) in [5.74, 6) is 0. The second-order valence-electron chi connectivity index (χ2n) is 7.82. The van der Waals surface area contributed by atoms with Gasteiger partial charge in [0, 0.05) is 54.4 Å². The van der Waals surface area contributed by atoms with Crippen molar-refractivity contribution in [3.8, 4) is 5.69 Å². The van der Waals surface area contributed by atoms with E-state index in [1.165, 1.54) is 0 Å². The number of benzene rings is 1. The van der Waals surface area contributed by atoms with Gasteiger partial charge in [0.1, 0.15) is 0 Å². The van der Waals surface area contributed by atoms with Crippen molar-refractivity contribution < 1.29 is 13.2 Å². The third-order valence-electron chi connectivity index (χ3n) is 5.71. The molecule has 0 unspecified atom stereocenters. The molecule has 0 spiro atoms. The molecule has 2 N–H and O–H groups in total. The molecule has 1 aromatic carbocycles. The fraction of sp³-hybridized carbons (Fsp3) is 0.429. The molecule has 1 fully saturated rings. The van der Waals surface area contributed by atoms with Crippen LogP contribution in [0.5, 0.6) is 0 Å². The van der Waals surface area contributed by atoms with Crippen LogP contribution in [0.2, 0.25) is 0 Å². The molecule has 9 heteroatoms. The summed E-state index contributed by atoms with van der Waals surface area (Å²) in [5.41, 5.74) is 2.39. The Balaban J connectivity index is 1.53. The minimum absolute atomic E-state index is 0.110. The van der Waals surface area contributed by atoms with E-state index in [1.807, 2.05) is 29.0 Å². The quantitative estimate of drug-likeness (QED) is 0.663. The smallest absolute Gasteiger partial charge is 0.382 e. The molecule has 0 saturated heterocycles. The second kappa shape index (κ2) is 8.14. The van der Waals surface area contributed by atoms with Gasteiger partial charge >= 0.3 is 6.18 Å². The summed E-state index contributed by atoms with van der Waals surface area (Å²) in [5, 5.41) is 6.99. The topological polar surface area (TPSA) is 63.9 Å². The summed E-state index contributed by atoms with van der Waals surface area (Å²) in [6.07, 6.45) is 3.89. The first-order chi connectivity index (χ1) is 14.3. The monoisotopic (exact) mass is 419 g/mol. The molecule has 1 saturated carbocycles. The highest BCUT2D eigenvalue weighted by atomic mass is 19.4. The summed E-state index contributed by atoms with van der Waals surface area (Å²) in [7, 11) is 1.74. The van der Waals surface area contributed by atoms with Gasteiger partial charge in [-0.1, -0.05) is 0 Å². The molecule has 3 aromatic rings. The summed E-state index contributed by atoms with van der Waals surface area (Å²) in [6, 6.07) is 7.43. The van der Waals surface area contributed by atoms with Crippen molar-refractivity contribution >= 4 is 16.6 Å². The fourth-order valence-electron chi connectivity index (χ4n) is 4.06. The van der Waals surface area contributed by atoms with Crippen LogP contribution in [0.1, 0.15) is 25.7 Å². The average Bonchev–Trinajstić information content (AvgIpc) is 3.25. The first-order valence-corrected chi connectivity index (χ1v) is 9.99. The molecule has 6 nitrogen and oxygen atoms in total. The number of hydrogen-bond donors (Lipinski definition) is 2. The largest absolute Gasteiger partial charge is 0.401 e. The Morgan fingerprint density at radius 1 is 1.13 bits per heavy atom. The summed E-state index contributed by atoms with van der Waals surface area (Å²) in [4.78, 5) is 16.5. The molecule has 160 valence electrons. The third-order valence-corrected chi connectivity index (χ3v) is 5.71. The van der Waals surface area contributed by atoms with E-state index in [0.29, 0.717) is 12.8 Å². The van der Waals surface area contributed by atoms with Gasteiger partial charge in [-0.3, -0.25) is 4.79 Å². The maximum atomic E-state index is 12.4. The number of aromatic nitrogens is 3. The maximum absolute atomic E-state index is 12.4. The van der Waals surface area contributed by atoms with Crippen LogP contribution in [0.15, 0.2) is 47.8 Å². The molecule has 1 aliphatic rings. The molecule has 0 radical (unpaired) electrons. The zero-order chi connectivity index (χ0) is 21.3. The van der Waals surface area contributed by atoms with E-state index in [9.17, 15) is 18.0 Å². The number of pyridine rings is 1. The van der Waals surface area contributed by atoms with Crippen LogP contribution in [0.25, 0.3) is 16.6 Å². The third kappa shape index (κ3) is 4.51. The first-order valence-electron chi connectivity index (χ1n) is 9.99. The molecule has 0 amide bonds. The van der Waals surface area contributed by atoms with Gasteiger partial charge in [0.05, 0.1) is 18.4 Å². The number of hydrogen-bond acceptors (Lipinski definition) is 4. The normalized spacial score (nSPS) is 19.9. The van der Waals surface area contributed by atoms with E-state index in [0.717, 1.165) is 35.1 Å². The van der Waals surface area contributed by atoms with Gasteiger partial charge < -0.3 is 19.8 Å². The van der Waals surface area contributed by atoms with E-state index in [-0.39, 0.29) is 17.6 Å². The lowest BCUT2D eigenvalue weighted by molar-refractivity contribution is -0.126. The van der Waals surface area contributed by atoms with E-state index < -0.39 is 12.7 Å². The van der Waals surface area contributed by atoms with Crippen LogP contribution < -0.4 is 16.2 Å². The van der Waals surface area contributed by atoms with Crippen molar-refractivity contribution in [3.63, 3.8) is 0 Å². The lowest BCUT2D eigenvalue weighted by atomic mass is 9.91. The number of nitrogens with one attached hydrogen (secondary N) is 2. The molecule has 30 heavy (non-hydrogen) atoms. The molecule has 0 aliphatic heterocycles. The van der Waals surface area contributed by atoms with Crippen molar-refractivity contribution in [1.82, 2.24) is 19.4 Å². The maximum Gasteiger partial charge on any atom is 0.401 e. The first kappa shape index (κ1) is 20.5. The number of fused-ring (bicyclic) bond motifs is 1. The summed E-state index contributed by atoms with van der Waals surface area (Å²) < 4.78 is 40.8. The van der Waals surface area contributed by atoms with Crippen LogP contribution in [-0.4, -0.2) is 38.9 Å². The molecule has 0 atom stereocenters. The number of rotatable bonds is 5. The van der Waals surface area contributed by atoms with Crippen molar-refractivity contribution in [2.75, 3.05) is 11.9 Å². The zero-order valence-corrected chi connectivity index (χ0v) is 16.6. The number of nitrogens with zero attached hydrogens (tertiary/aromatic N) is 3. The summed E-state index contributed by atoms with van der Waals surface area (Å²) in [6.45, 7) is -0.952. The van der Waals surface area contributed by atoms with Gasteiger partial charge in [-0.25, -0.2) is 4.98 Å². The van der Waals surface area contributed by atoms with Crippen LogP contribution in [0.3, 0.4) is 0 Å². The van der Waals surface area contributed by atoms with E-state index in [4.69, 9.17) is 0 Å². The van der Waals surface area contributed by atoms with Crippen LogP contribution >= 0.6 is 0 Å². The average molecular weight is 419 g/mol. The number of imidazole rings is 1. The number of aryl methyl sites for hydroxylation is 1. The molecular weight excluding hydrogens is 395 g/mol. The van der Waals surface area contributed by atoms with Crippen LogP contribution in [-0.2, 0) is 7.05 Å². The lowest BCUT2D eigenvalue weighted by Gasteiger charge is -2.31. The highest BCUT2D eigenvalue weighted by Crippen LogP contribution is 2.28. The van der Waals surface area contributed by atoms with Crippen molar-refractivity contribution in [2.24, 2.45) is 7.05 Å². The molecule has 0 bridgehead atoms. The highest BCUT2D eigenvalue weighted by molar-refractivity contribution is 5.93. The molecule has 1 aliphatic carbocycles. The van der Waals surface area contributed by atoms with Gasteiger partial charge in [0.2, 0.25) is 0 Å². The SMILES string of the molecule is Cn1c(=O)cc(N[C@H]2CC[C@H](NCC(F)(F)F)CC2)c2cc(-n3ccnc3)ccc21. The standard InChI is InChI=1S/C21H24F3N5O/c1-28-19-7-6-16(29-9-8-25-13-29)10-17(19)18(11-20(28)30)27-15-4-2-14(3-5-15)26-12-21(22,23)24/h6-11,13-15,26-27H,2-5,12H2,1H3/t14-,15-. The molecule has 4 rings (SSSR count). The number of alkyl halides is 3. The van der Waals surface area contributed by atoms with Crippen LogP contribution in [0.4, 0.5) is 18.9 Å². The Labute approximate surface area is 171 Å². The molecule has 2 aromatic heterocycles. The van der Waals surface area contributed by atoms with Crippen LogP contribution in [0, 0.1) is 0 Å². The second-order valence-corrected chi connectivity index (χ2v) is 7.82. The van der Waals surface area contributed by atoms with Gasteiger partial charge in [0.25, 0.3) is 5.56 Å². The Morgan fingerprint density at radius 3 is 2.53 bits per heavy atom. The van der Waals surface area contributed by atoms with E-state index in [2.05, 4.69) is 15.6 Å². The fourth-order valence-corrected chi connectivity index (χ4v) is 4.06. The minimum atomic E-state index is -4.19. The van der Waals surface area contributed by atoms with Crippen molar-refractivity contribution in [2.45, 2.75) is 43.9 Å². The predicted octanol–water partition coefficient (Wildman–Crippen LogP) is 3.60. The van der Waals surface area contributed by atoms with E-state index in [1.54, 1.807) is 30.2 Å². The van der Waals surface area contributed by atoms with Crippen molar-refractivity contribution in [1.29, 1.82) is 0 Å². The lowest BCUT2D eigenvalue weighted by Crippen LogP contribution is -2.41. The summed E-state index contributed by atoms with van der Waals surface area (Å²) >= 11 is 0. The molecular formula is C21H24F3N5O. The number of anilines is 1. The highest BCUT2D eigenvalue weighted by Gasteiger charge is 2.29. The Kier molecular flexibility index (Phi) is 5.55. The Hall–Kier alpha value is -2.81. The van der Waals surface area contributed by atoms with Gasteiger partial charge in [0.15, 0.2) is 0 Å². The van der Waals surface area contributed by atoms with E-state index >= 15 is 0 Å². The predicted molar refractivity (Wildman–Crippen MR) is 110 cm³/mol. The Morgan fingerprint density at radius 2 is 1.87 bits per heavy atom. The molecule has 2 heterocycles. The number of halogens is 3. The van der Waals surface area contributed by atoms with Gasteiger partial charge in [-0.2, -0.15) is 13.2 Å². The van der Waals surface area contributed by atoms with Gasteiger partial charge in [-0.05, 0) is 43.9 Å². The minimum Gasteiger partial charge on any atom is -0.382 e.